The Morgan fingerprint density at radius 2 is 1.94 bits per heavy atom. The molecule has 17 heavy (non-hydrogen) atoms. The summed E-state index contributed by atoms with van der Waals surface area (Å²) in [6.45, 7) is 8.82. The molecule has 0 saturated carbocycles. The third-order valence-electron chi connectivity index (χ3n) is 4.21. The zero-order chi connectivity index (χ0) is 12.5. The van der Waals surface area contributed by atoms with E-state index in [4.69, 9.17) is 5.73 Å². The molecular formula is C15H24N2. The van der Waals surface area contributed by atoms with Gasteiger partial charge in [0.1, 0.15) is 0 Å². The van der Waals surface area contributed by atoms with Crippen LogP contribution in [0.25, 0.3) is 0 Å². The molecule has 0 bridgehead atoms. The topological polar surface area (TPSA) is 29.3 Å². The summed E-state index contributed by atoms with van der Waals surface area (Å²) in [5.74, 6) is 0.633. The summed E-state index contributed by atoms with van der Waals surface area (Å²) >= 11 is 0. The number of nitrogens with zero attached hydrogens (tertiary/aromatic N) is 1. The van der Waals surface area contributed by atoms with Crippen molar-refractivity contribution in [3.05, 3.63) is 35.9 Å². The van der Waals surface area contributed by atoms with Crippen LogP contribution in [-0.4, -0.2) is 23.0 Å². The van der Waals surface area contributed by atoms with E-state index in [9.17, 15) is 0 Å². The number of hydrogen-bond donors (Lipinski definition) is 1. The quantitative estimate of drug-likeness (QED) is 0.868. The summed E-state index contributed by atoms with van der Waals surface area (Å²) in [6.07, 6.45) is 1.21. The molecule has 0 spiro atoms. The number of benzene rings is 1. The van der Waals surface area contributed by atoms with E-state index in [1.165, 1.54) is 12.0 Å². The van der Waals surface area contributed by atoms with Gasteiger partial charge in [0, 0.05) is 18.1 Å². The van der Waals surface area contributed by atoms with Gasteiger partial charge in [0.15, 0.2) is 0 Å². The summed E-state index contributed by atoms with van der Waals surface area (Å²) in [7, 11) is 0. The highest BCUT2D eigenvalue weighted by molar-refractivity contribution is 5.16. The van der Waals surface area contributed by atoms with Crippen molar-refractivity contribution in [2.24, 2.45) is 11.7 Å². The van der Waals surface area contributed by atoms with Crippen molar-refractivity contribution >= 4 is 0 Å². The normalized spacial score (nSPS) is 28.5. The lowest BCUT2D eigenvalue weighted by atomic mass is 9.94. The third-order valence-corrected chi connectivity index (χ3v) is 4.21. The Hall–Kier alpha value is -0.860. The molecule has 0 radical (unpaired) electrons. The van der Waals surface area contributed by atoms with E-state index in [1.807, 2.05) is 0 Å². The van der Waals surface area contributed by atoms with Crippen molar-refractivity contribution in [2.45, 2.75) is 45.3 Å². The molecule has 2 atom stereocenters. The van der Waals surface area contributed by atoms with E-state index < -0.39 is 0 Å². The van der Waals surface area contributed by atoms with Gasteiger partial charge in [0.2, 0.25) is 0 Å². The van der Waals surface area contributed by atoms with Gasteiger partial charge in [-0.2, -0.15) is 0 Å². The molecule has 1 aromatic rings. The summed E-state index contributed by atoms with van der Waals surface area (Å²) in [5, 5.41) is 0. The smallest absolute Gasteiger partial charge is 0.0241 e. The first-order chi connectivity index (χ1) is 8.04. The highest BCUT2D eigenvalue weighted by Gasteiger charge is 2.42. The van der Waals surface area contributed by atoms with E-state index in [0.29, 0.717) is 12.0 Å². The SMILES string of the molecule is CC1C(CN)CC(C)(C)N1Cc1ccccc1. The first-order valence-electron chi connectivity index (χ1n) is 6.55. The maximum Gasteiger partial charge on any atom is 0.0241 e. The average molecular weight is 232 g/mol. The molecule has 1 heterocycles. The fraction of sp³-hybridized carbons (Fsp3) is 0.600. The Morgan fingerprint density at radius 3 is 2.47 bits per heavy atom. The number of likely N-dealkylation sites (tertiary alicyclic amines) is 1. The predicted molar refractivity (Wildman–Crippen MR) is 72.7 cm³/mol. The lowest BCUT2D eigenvalue weighted by molar-refractivity contribution is 0.123. The molecule has 1 aromatic carbocycles. The van der Waals surface area contributed by atoms with Crippen LogP contribution in [0.3, 0.4) is 0 Å². The van der Waals surface area contributed by atoms with Crippen LogP contribution < -0.4 is 5.73 Å². The molecule has 0 amide bonds. The van der Waals surface area contributed by atoms with E-state index >= 15 is 0 Å². The van der Waals surface area contributed by atoms with Crippen molar-refractivity contribution in [1.82, 2.24) is 4.90 Å². The van der Waals surface area contributed by atoms with Gasteiger partial charge in [-0.3, -0.25) is 4.90 Å². The van der Waals surface area contributed by atoms with Crippen molar-refractivity contribution in [2.75, 3.05) is 6.54 Å². The van der Waals surface area contributed by atoms with Gasteiger partial charge in [-0.25, -0.2) is 0 Å². The van der Waals surface area contributed by atoms with Gasteiger partial charge >= 0.3 is 0 Å². The first kappa shape index (κ1) is 12.6. The Kier molecular flexibility index (Phi) is 3.55. The average Bonchev–Trinajstić information content (AvgIpc) is 2.53. The summed E-state index contributed by atoms with van der Waals surface area (Å²) in [4.78, 5) is 2.60. The second kappa shape index (κ2) is 4.79. The van der Waals surface area contributed by atoms with Gasteiger partial charge in [0.25, 0.3) is 0 Å². The third kappa shape index (κ3) is 2.53. The molecule has 0 aliphatic carbocycles. The van der Waals surface area contributed by atoms with Crippen LogP contribution in [0.1, 0.15) is 32.8 Å². The molecule has 0 aromatic heterocycles. The summed E-state index contributed by atoms with van der Waals surface area (Å²) in [5.41, 5.74) is 7.53. The standard InChI is InChI=1S/C15H24N2/c1-12-14(10-16)9-15(2,3)17(12)11-13-7-5-4-6-8-13/h4-8,12,14H,9-11,16H2,1-3H3. The molecule has 1 saturated heterocycles. The second-order valence-electron chi connectivity index (χ2n) is 5.87. The lowest BCUT2D eigenvalue weighted by Crippen LogP contribution is -2.41. The highest BCUT2D eigenvalue weighted by Crippen LogP contribution is 2.38. The zero-order valence-corrected chi connectivity index (χ0v) is 11.2. The number of rotatable bonds is 3. The first-order valence-corrected chi connectivity index (χ1v) is 6.55. The summed E-state index contributed by atoms with van der Waals surface area (Å²) < 4.78 is 0. The van der Waals surface area contributed by atoms with E-state index in [2.05, 4.69) is 56.0 Å². The predicted octanol–water partition coefficient (Wildman–Crippen LogP) is 2.63. The van der Waals surface area contributed by atoms with Gasteiger partial charge in [-0.15, -0.1) is 0 Å². The van der Waals surface area contributed by atoms with Crippen LogP contribution in [-0.2, 0) is 6.54 Å². The van der Waals surface area contributed by atoms with E-state index in [-0.39, 0.29) is 5.54 Å². The Morgan fingerprint density at radius 1 is 1.29 bits per heavy atom. The monoisotopic (exact) mass is 232 g/mol. The summed E-state index contributed by atoms with van der Waals surface area (Å²) in [6, 6.07) is 11.3. The molecule has 2 unspecified atom stereocenters. The van der Waals surface area contributed by atoms with E-state index in [0.717, 1.165) is 13.1 Å². The van der Waals surface area contributed by atoms with Crippen LogP contribution >= 0.6 is 0 Å². The van der Waals surface area contributed by atoms with Gasteiger partial charge in [0.05, 0.1) is 0 Å². The Balaban J connectivity index is 2.14. The zero-order valence-electron chi connectivity index (χ0n) is 11.2. The Labute approximate surface area is 105 Å². The fourth-order valence-electron chi connectivity index (χ4n) is 3.15. The van der Waals surface area contributed by atoms with E-state index in [1.54, 1.807) is 0 Å². The van der Waals surface area contributed by atoms with Crippen molar-refractivity contribution < 1.29 is 0 Å². The number of nitrogens with two attached hydrogens (primary N) is 1. The minimum atomic E-state index is 0.263. The number of hydrogen-bond acceptors (Lipinski definition) is 2. The molecule has 2 rings (SSSR count). The van der Waals surface area contributed by atoms with Crippen molar-refractivity contribution in [3.8, 4) is 0 Å². The van der Waals surface area contributed by atoms with Gasteiger partial charge < -0.3 is 5.73 Å². The maximum absolute atomic E-state index is 5.87. The molecule has 2 heteroatoms. The minimum absolute atomic E-state index is 0.263. The molecule has 2 N–H and O–H groups in total. The molecule has 1 aliphatic heterocycles. The van der Waals surface area contributed by atoms with Crippen LogP contribution in [0.15, 0.2) is 30.3 Å². The molecule has 1 aliphatic rings. The fourth-order valence-corrected chi connectivity index (χ4v) is 3.15. The Bertz CT molecular complexity index is 358. The molecule has 2 nitrogen and oxygen atoms in total. The van der Waals surface area contributed by atoms with Gasteiger partial charge in [-0.05, 0) is 45.2 Å². The molecule has 1 fully saturated rings. The van der Waals surface area contributed by atoms with Crippen LogP contribution in [0, 0.1) is 5.92 Å². The van der Waals surface area contributed by atoms with Crippen LogP contribution in [0.5, 0.6) is 0 Å². The van der Waals surface area contributed by atoms with Gasteiger partial charge in [-0.1, -0.05) is 30.3 Å². The molecule has 94 valence electrons. The van der Waals surface area contributed by atoms with Crippen molar-refractivity contribution in [1.29, 1.82) is 0 Å². The van der Waals surface area contributed by atoms with Crippen LogP contribution in [0.4, 0.5) is 0 Å². The highest BCUT2D eigenvalue weighted by atomic mass is 15.2. The molecular weight excluding hydrogens is 208 g/mol. The van der Waals surface area contributed by atoms with Crippen molar-refractivity contribution in [3.63, 3.8) is 0 Å². The largest absolute Gasteiger partial charge is 0.330 e. The lowest BCUT2D eigenvalue weighted by Gasteiger charge is -2.34. The second-order valence-corrected chi connectivity index (χ2v) is 5.87. The minimum Gasteiger partial charge on any atom is -0.330 e. The van der Waals surface area contributed by atoms with Crippen LogP contribution in [0.2, 0.25) is 0 Å². The maximum atomic E-state index is 5.87.